The van der Waals surface area contributed by atoms with Crippen LogP contribution < -0.4 is 5.32 Å². The Morgan fingerprint density at radius 1 is 1.50 bits per heavy atom. The SMILES string of the molecule is COCC1(C(=O)N2CCC(c3ccnn3C)CC2)CCNC1. The number of rotatable bonds is 4. The fourth-order valence-electron chi connectivity index (χ4n) is 3.89. The number of nitrogens with zero attached hydrogens (tertiary/aromatic N) is 3. The summed E-state index contributed by atoms with van der Waals surface area (Å²) in [5.74, 6) is 0.777. The summed E-state index contributed by atoms with van der Waals surface area (Å²) < 4.78 is 7.29. The Morgan fingerprint density at radius 2 is 2.27 bits per heavy atom. The molecule has 2 aliphatic heterocycles. The van der Waals surface area contributed by atoms with E-state index >= 15 is 0 Å². The van der Waals surface area contributed by atoms with Gasteiger partial charge in [0, 0.05) is 51.6 Å². The van der Waals surface area contributed by atoms with E-state index in [1.165, 1.54) is 5.69 Å². The van der Waals surface area contributed by atoms with Gasteiger partial charge in [-0.2, -0.15) is 5.10 Å². The number of hydrogen-bond donors (Lipinski definition) is 1. The van der Waals surface area contributed by atoms with Crippen molar-refractivity contribution in [2.45, 2.75) is 25.2 Å². The second kappa shape index (κ2) is 6.38. The number of amides is 1. The van der Waals surface area contributed by atoms with E-state index in [0.29, 0.717) is 12.5 Å². The van der Waals surface area contributed by atoms with E-state index in [-0.39, 0.29) is 11.3 Å². The number of carbonyl (C=O) groups is 1. The molecule has 1 unspecified atom stereocenters. The molecule has 0 spiro atoms. The van der Waals surface area contributed by atoms with Crippen LogP contribution in [0.2, 0.25) is 0 Å². The summed E-state index contributed by atoms with van der Waals surface area (Å²) in [4.78, 5) is 15.0. The Bertz CT molecular complexity index is 514. The van der Waals surface area contributed by atoms with Gasteiger partial charge in [-0.3, -0.25) is 9.48 Å². The lowest BCUT2D eigenvalue weighted by Gasteiger charge is -2.37. The maximum Gasteiger partial charge on any atom is 0.232 e. The molecule has 1 aromatic heterocycles. The number of nitrogens with one attached hydrogen (secondary N) is 1. The lowest BCUT2D eigenvalue weighted by molar-refractivity contribution is -0.145. The van der Waals surface area contributed by atoms with E-state index in [9.17, 15) is 4.79 Å². The van der Waals surface area contributed by atoms with Crippen molar-refractivity contribution in [3.63, 3.8) is 0 Å². The number of likely N-dealkylation sites (tertiary alicyclic amines) is 1. The molecule has 6 nitrogen and oxygen atoms in total. The fraction of sp³-hybridized carbons (Fsp3) is 0.750. The Labute approximate surface area is 131 Å². The minimum atomic E-state index is -0.353. The highest BCUT2D eigenvalue weighted by atomic mass is 16.5. The van der Waals surface area contributed by atoms with Gasteiger partial charge in [-0.1, -0.05) is 0 Å². The zero-order valence-electron chi connectivity index (χ0n) is 13.5. The van der Waals surface area contributed by atoms with Gasteiger partial charge in [0.25, 0.3) is 0 Å². The Hall–Kier alpha value is -1.40. The molecule has 0 bridgehead atoms. The summed E-state index contributed by atoms with van der Waals surface area (Å²) in [7, 11) is 3.67. The third-order valence-corrected chi connectivity index (χ3v) is 5.18. The predicted molar refractivity (Wildman–Crippen MR) is 83.6 cm³/mol. The van der Waals surface area contributed by atoms with Gasteiger partial charge >= 0.3 is 0 Å². The molecule has 0 radical (unpaired) electrons. The summed E-state index contributed by atoms with van der Waals surface area (Å²) in [6.07, 6.45) is 4.76. The van der Waals surface area contributed by atoms with E-state index in [1.807, 2.05) is 22.8 Å². The summed E-state index contributed by atoms with van der Waals surface area (Å²) >= 11 is 0. The van der Waals surface area contributed by atoms with E-state index in [4.69, 9.17) is 4.74 Å². The van der Waals surface area contributed by atoms with Gasteiger partial charge in [-0.15, -0.1) is 0 Å². The van der Waals surface area contributed by atoms with Gasteiger partial charge in [-0.25, -0.2) is 0 Å². The molecule has 1 amide bonds. The minimum Gasteiger partial charge on any atom is -0.384 e. The highest BCUT2D eigenvalue weighted by molar-refractivity contribution is 5.83. The smallest absolute Gasteiger partial charge is 0.232 e. The molecule has 122 valence electrons. The summed E-state index contributed by atoms with van der Waals surface area (Å²) in [5.41, 5.74) is 0.926. The van der Waals surface area contributed by atoms with E-state index in [1.54, 1.807) is 7.11 Å². The Morgan fingerprint density at radius 3 is 2.82 bits per heavy atom. The Kier molecular flexibility index (Phi) is 4.49. The van der Waals surface area contributed by atoms with E-state index in [0.717, 1.165) is 45.4 Å². The summed E-state index contributed by atoms with van der Waals surface area (Å²) in [6, 6.07) is 2.09. The molecule has 6 heteroatoms. The van der Waals surface area contributed by atoms with E-state index in [2.05, 4.69) is 16.5 Å². The number of ether oxygens (including phenoxy) is 1. The van der Waals surface area contributed by atoms with Crippen molar-refractivity contribution in [1.82, 2.24) is 20.0 Å². The third-order valence-electron chi connectivity index (χ3n) is 5.18. The number of piperidine rings is 1. The van der Waals surface area contributed by atoms with Crippen LogP contribution in [-0.2, 0) is 16.6 Å². The van der Waals surface area contributed by atoms with Gasteiger partial charge in [0.15, 0.2) is 0 Å². The average molecular weight is 306 g/mol. The van der Waals surface area contributed by atoms with Crippen LogP contribution in [0.25, 0.3) is 0 Å². The monoisotopic (exact) mass is 306 g/mol. The average Bonchev–Trinajstić information content (AvgIpc) is 3.17. The number of carbonyl (C=O) groups excluding carboxylic acids is 1. The maximum absolute atomic E-state index is 13.0. The molecular formula is C16H26N4O2. The first-order chi connectivity index (χ1) is 10.7. The van der Waals surface area contributed by atoms with Gasteiger partial charge in [-0.05, 0) is 31.9 Å². The zero-order valence-corrected chi connectivity index (χ0v) is 13.5. The van der Waals surface area contributed by atoms with Crippen LogP contribution in [-0.4, -0.2) is 60.5 Å². The molecule has 0 saturated carbocycles. The molecule has 3 heterocycles. The summed E-state index contributed by atoms with van der Waals surface area (Å²) in [6.45, 7) is 3.82. The molecule has 1 N–H and O–H groups in total. The summed E-state index contributed by atoms with van der Waals surface area (Å²) in [5, 5.41) is 7.57. The van der Waals surface area contributed by atoms with Crippen molar-refractivity contribution < 1.29 is 9.53 Å². The predicted octanol–water partition coefficient (Wildman–Crippen LogP) is 0.752. The van der Waals surface area contributed by atoms with Crippen LogP contribution in [0.3, 0.4) is 0 Å². The molecule has 1 aromatic rings. The van der Waals surface area contributed by atoms with Crippen LogP contribution in [0, 0.1) is 5.41 Å². The molecule has 22 heavy (non-hydrogen) atoms. The molecule has 2 aliphatic rings. The second-order valence-electron chi connectivity index (χ2n) is 6.59. The van der Waals surface area contributed by atoms with Crippen LogP contribution >= 0.6 is 0 Å². The molecule has 0 aliphatic carbocycles. The number of methoxy groups -OCH3 is 1. The van der Waals surface area contributed by atoms with Gasteiger partial charge in [0.05, 0.1) is 12.0 Å². The van der Waals surface area contributed by atoms with Crippen molar-refractivity contribution >= 4 is 5.91 Å². The van der Waals surface area contributed by atoms with Gasteiger partial charge in [0.2, 0.25) is 5.91 Å². The van der Waals surface area contributed by atoms with Crippen LogP contribution in [0.15, 0.2) is 12.3 Å². The molecule has 0 aromatic carbocycles. The maximum atomic E-state index is 13.0. The second-order valence-corrected chi connectivity index (χ2v) is 6.59. The lowest BCUT2D eigenvalue weighted by atomic mass is 9.84. The largest absolute Gasteiger partial charge is 0.384 e. The highest BCUT2D eigenvalue weighted by Crippen LogP contribution is 2.33. The lowest BCUT2D eigenvalue weighted by Crippen LogP contribution is -2.50. The van der Waals surface area contributed by atoms with Crippen LogP contribution in [0.1, 0.15) is 30.9 Å². The van der Waals surface area contributed by atoms with Crippen molar-refractivity contribution in [1.29, 1.82) is 0 Å². The topological polar surface area (TPSA) is 59.4 Å². The standard InChI is InChI=1S/C16H26N4O2/c1-19-14(3-7-18-19)13-4-9-20(10-5-13)15(21)16(12-22-2)6-8-17-11-16/h3,7,13,17H,4-6,8-12H2,1-2H3. The number of aryl methyl sites for hydroxylation is 1. The number of hydrogen-bond acceptors (Lipinski definition) is 4. The quantitative estimate of drug-likeness (QED) is 0.892. The molecular weight excluding hydrogens is 280 g/mol. The van der Waals surface area contributed by atoms with Crippen LogP contribution in [0.5, 0.6) is 0 Å². The molecule has 3 rings (SSSR count). The highest BCUT2D eigenvalue weighted by Gasteiger charge is 2.44. The van der Waals surface area contributed by atoms with E-state index < -0.39 is 0 Å². The number of aromatic nitrogens is 2. The molecule has 1 atom stereocenters. The Balaban J connectivity index is 1.63. The first kappa shape index (κ1) is 15.5. The minimum absolute atomic E-state index is 0.266. The first-order valence-corrected chi connectivity index (χ1v) is 8.13. The van der Waals surface area contributed by atoms with Crippen molar-refractivity contribution in [2.24, 2.45) is 12.5 Å². The normalized spacial score (nSPS) is 26.5. The molecule has 2 saturated heterocycles. The zero-order chi connectivity index (χ0) is 15.6. The third kappa shape index (κ3) is 2.77. The van der Waals surface area contributed by atoms with Gasteiger partial charge in [0.1, 0.15) is 0 Å². The molecule has 2 fully saturated rings. The fourth-order valence-corrected chi connectivity index (χ4v) is 3.89. The van der Waals surface area contributed by atoms with Crippen molar-refractivity contribution in [3.8, 4) is 0 Å². The van der Waals surface area contributed by atoms with Crippen molar-refractivity contribution in [3.05, 3.63) is 18.0 Å². The first-order valence-electron chi connectivity index (χ1n) is 8.13. The van der Waals surface area contributed by atoms with Crippen LogP contribution in [0.4, 0.5) is 0 Å². The van der Waals surface area contributed by atoms with Gasteiger partial charge < -0.3 is 15.0 Å². The van der Waals surface area contributed by atoms with Crippen molar-refractivity contribution in [2.75, 3.05) is 39.9 Å².